The fraction of sp³-hybridized carbons (Fsp3) is 0.133. The molecule has 1 aromatic carbocycles. The van der Waals surface area contributed by atoms with Crippen LogP contribution >= 0.6 is 23.1 Å². The highest BCUT2D eigenvalue weighted by molar-refractivity contribution is 8.00. The Kier molecular flexibility index (Phi) is 5.42. The van der Waals surface area contributed by atoms with Crippen molar-refractivity contribution in [1.29, 1.82) is 5.26 Å². The molecule has 0 aliphatic heterocycles. The van der Waals surface area contributed by atoms with Gasteiger partial charge in [0.1, 0.15) is 6.07 Å². The van der Waals surface area contributed by atoms with Crippen molar-refractivity contribution in [2.75, 3.05) is 6.26 Å². The van der Waals surface area contributed by atoms with Crippen LogP contribution < -0.4 is 0 Å². The van der Waals surface area contributed by atoms with Crippen molar-refractivity contribution in [1.82, 2.24) is 0 Å². The number of thiophene rings is 1. The normalized spacial score (nSPS) is 12.9. The maximum absolute atomic E-state index is 12.6. The van der Waals surface area contributed by atoms with E-state index in [9.17, 15) is 21.6 Å². The summed E-state index contributed by atoms with van der Waals surface area (Å²) >= 11 is 2.80. The van der Waals surface area contributed by atoms with Gasteiger partial charge in [0.05, 0.1) is 14.7 Å². The molecular weight excluding hydrogens is 379 g/mol. The van der Waals surface area contributed by atoms with Gasteiger partial charge in [0.2, 0.25) is 9.84 Å². The van der Waals surface area contributed by atoms with E-state index in [4.69, 9.17) is 5.26 Å². The molecule has 0 atom stereocenters. The Bertz CT molecular complexity index is 905. The number of benzene rings is 1. The SMILES string of the molecule is CSc1ccc(/C=C(\C#N)S(=O)(=O)c2ccc(C(F)(F)F)cc2)s1. The van der Waals surface area contributed by atoms with Crippen LogP contribution in [0, 0.1) is 11.3 Å². The van der Waals surface area contributed by atoms with Crippen LogP contribution in [-0.2, 0) is 16.0 Å². The van der Waals surface area contributed by atoms with Gasteiger partial charge in [0.15, 0.2) is 4.91 Å². The van der Waals surface area contributed by atoms with E-state index in [2.05, 4.69) is 0 Å². The molecule has 0 aliphatic carbocycles. The number of sulfone groups is 1. The Hall–Kier alpha value is -1.76. The van der Waals surface area contributed by atoms with E-state index in [1.54, 1.807) is 18.2 Å². The fourth-order valence-electron chi connectivity index (χ4n) is 1.77. The first-order chi connectivity index (χ1) is 11.2. The summed E-state index contributed by atoms with van der Waals surface area (Å²) in [7, 11) is -4.18. The molecule has 2 aromatic rings. The maximum Gasteiger partial charge on any atom is 0.416 e. The number of alkyl halides is 3. The first kappa shape index (κ1) is 18.6. The quantitative estimate of drug-likeness (QED) is 0.555. The third-order valence-corrected chi connectivity index (χ3v) is 6.76. The minimum absolute atomic E-state index is 0.357. The van der Waals surface area contributed by atoms with Crippen LogP contribution in [0.1, 0.15) is 10.4 Å². The Morgan fingerprint density at radius 2 is 1.83 bits per heavy atom. The second-order valence-electron chi connectivity index (χ2n) is 4.51. The lowest BCUT2D eigenvalue weighted by Crippen LogP contribution is -2.07. The van der Waals surface area contributed by atoms with Gasteiger partial charge in [0, 0.05) is 4.88 Å². The molecule has 1 heterocycles. The number of nitriles is 1. The molecule has 0 bridgehead atoms. The lowest BCUT2D eigenvalue weighted by molar-refractivity contribution is -0.137. The average Bonchev–Trinajstić information content (AvgIpc) is 2.99. The molecule has 0 radical (unpaired) electrons. The van der Waals surface area contributed by atoms with E-state index in [1.807, 2.05) is 6.26 Å². The molecule has 2 rings (SSSR count). The molecule has 0 N–H and O–H groups in total. The molecule has 9 heteroatoms. The zero-order valence-corrected chi connectivity index (χ0v) is 14.6. The highest BCUT2D eigenvalue weighted by Gasteiger charge is 2.31. The lowest BCUT2D eigenvalue weighted by Gasteiger charge is -2.07. The van der Waals surface area contributed by atoms with Gasteiger partial charge in [-0.3, -0.25) is 0 Å². The van der Waals surface area contributed by atoms with E-state index in [0.717, 1.165) is 16.3 Å². The van der Waals surface area contributed by atoms with Crippen molar-refractivity contribution in [3.05, 3.63) is 51.7 Å². The number of hydrogen-bond donors (Lipinski definition) is 0. The van der Waals surface area contributed by atoms with Gasteiger partial charge in [-0.05, 0) is 48.7 Å². The third kappa shape index (κ3) is 4.01. The van der Waals surface area contributed by atoms with Gasteiger partial charge >= 0.3 is 6.18 Å². The van der Waals surface area contributed by atoms with E-state index < -0.39 is 26.5 Å². The van der Waals surface area contributed by atoms with E-state index in [1.165, 1.54) is 29.2 Å². The standard InChI is InChI=1S/C15H10F3NO2S3/c1-22-14-7-4-11(23-14)8-13(9-19)24(20,21)12-5-2-10(3-6-12)15(16,17)18/h2-8H,1H3/b13-8+. The summed E-state index contributed by atoms with van der Waals surface area (Å²) in [6.45, 7) is 0. The molecule has 0 amide bonds. The Morgan fingerprint density at radius 1 is 1.21 bits per heavy atom. The van der Waals surface area contributed by atoms with Crippen molar-refractivity contribution < 1.29 is 21.6 Å². The smallest absolute Gasteiger partial charge is 0.218 e. The lowest BCUT2D eigenvalue weighted by atomic mass is 10.2. The van der Waals surface area contributed by atoms with Crippen LogP contribution in [0.5, 0.6) is 0 Å². The minimum Gasteiger partial charge on any atom is -0.218 e. The van der Waals surface area contributed by atoms with Crippen LogP contribution in [0.3, 0.4) is 0 Å². The van der Waals surface area contributed by atoms with Crippen molar-refractivity contribution in [2.24, 2.45) is 0 Å². The summed E-state index contributed by atoms with van der Waals surface area (Å²) in [5.41, 5.74) is -0.952. The number of allylic oxidation sites excluding steroid dienone is 1. The number of nitrogens with zero attached hydrogens (tertiary/aromatic N) is 1. The van der Waals surface area contributed by atoms with Crippen molar-refractivity contribution in [2.45, 2.75) is 15.3 Å². The largest absolute Gasteiger partial charge is 0.416 e. The molecular formula is C15H10F3NO2S3. The van der Waals surface area contributed by atoms with Crippen molar-refractivity contribution in [3.8, 4) is 6.07 Å². The Labute approximate surface area is 145 Å². The van der Waals surface area contributed by atoms with Crippen LogP contribution in [0.15, 0.2) is 50.4 Å². The van der Waals surface area contributed by atoms with Crippen LogP contribution in [-0.4, -0.2) is 14.7 Å². The first-order valence-electron chi connectivity index (χ1n) is 6.36. The van der Waals surface area contributed by atoms with Crippen molar-refractivity contribution in [3.63, 3.8) is 0 Å². The molecule has 3 nitrogen and oxygen atoms in total. The number of halogens is 3. The molecule has 0 fully saturated rings. The zero-order valence-electron chi connectivity index (χ0n) is 12.2. The Balaban J connectivity index is 2.42. The molecule has 1 aromatic heterocycles. The molecule has 0 spiro atoms. The van der Waals surface area contributed by atoms with Crippen molar-refractivity contribution >= 4 is 39.0 Å². The van der Waals surface area contributed by atoms with Gasteiger partial charge in [-0.25, -0.2) is 8.42 Å². The fourth-order valence-corrected chi connectivity index (χ4v) is 4.50. The first-order valence-corrected chi connectivity index (χ1v) is 9.89. The predicted octanol–water partition coefficient (Wildman–Crippen LogP) is 4.83. The molecule has 0 saturated heterocycles. The highest BCUT2D eigenvalue weighted by atomic mass is 32.2. The summed E-state index contributed by atoms with van der Waals surface area (Å²) in [5, 5.41) is 9.15. The highest BCUT2D eigenvalue weighted by Crippen LogP contribution is 2.32. The van der Waals surface area contributed by atoms with Gasteiger partial charge in [-0.15, -0.1) is 23.1 Å². The summed E-state index contributed by atoms with van der Waals surface area (Å²) < 4.78 is 63.5. The van der Waals surface area contributed by atoms with Crippen LogP contribution in [0.25, 0.3) is 6.08 Å². The molecule has 126 valence electrons. The molecule has 0 aliphatic rings. The average molecular weight is 389 g/mol. The summed E-state index contributed by atoms with van der Waals surface area (Å²) in [5.74, 6) is 0. The van der Waals surface area contributed by atoms with E-state index in [-0.39, 0.29) is 4.90 Å². The second kappa shape index (κ2) is 7.01. The van der Waals surface area contributed by atoms with Gasteiger partial charge in [0.25, 0.3) is 0 Å². The van der Waals surface area contributed by atoms with Crippen LogP contribution in [0.4, 0.5) is 13.2 Å². The Morgan fingerprint density at radius 3 is 2.29 bits per heavy atom. The zero-order chi connectivity index (χ0) is 18.0. The summed E-state index contributed by atoms with van der Waals surface area (Å²) in [6.07, 6.45) is -1.47. The van der Waals surface area contributed by atoms with Crippen LogP contribution in [0.2, 0.25) is 0 Å². The monoisotopic (exact) mass is 389 g/mol. The molecule has 24 heavy (non-hydrogen) atoms. The third-order valence-electron chi connectivity index (χ3n) is 2.97. The number of thioether (sulfide) groups is 1. The number of rotatable bonds is 4. The molecule has 0 saturated carbocycles. The molecule has 0 unspecified atom stereocenters. The minimum atomic E-state index is -4.55. The topological polar surface area (TPSA) is 57.9 Å². The van der Waals surface area contributed by atoms with Gasteiger partial charge in [-0.2, -0.15) is 18.4 Å². The summed E-state index contributed by atoms with van der Waals surface area (Å²) in [4.78, 5) is -0.298. The van der Waals surface area contributed by atoms with E-state index in [0.29, 0.717) is 17.0 Å². The van der Waals surface area contributed by atoms with Gasteiger partial charge < -0.3 is 0 Å². The summed E-state index contributed by atoms with van der Waals surface area (Å²) in [6, 6.07) is 8.14. The maximum atomic E-state index is 12.6. The van der Waals surface area contributed by atoms with E-state index >= 15 is 0 Å². The second-order valence-corrected chi connectivity index (χ2v) is 8.65. The number of hydrogen-bond acceptors (Lipinski definition) is 5. The predicted molar refractivity (Wildman–Crippen MR) is 88.3 cm³/mol. The van der Waals surface area contributed by atoms with Gasteiger partial charge in [-0.1, -0.05) is 0 Å².